The van der Waals surface area contributed by atoms with E-state index in [-0.39, 0.29) is 23.1 Å². The van der Waals surface area contributed by atoms with Gasteiger partial charge in [0.05, 0.1) is 29.4 Å². The van der Waals surface area contributed by atoms with E-state index in [0.29, 0.717) is 40.0 Å². The summed E-state index contributed by atoms with van der Waals surface area (Å²) >= 11 is 9.26. The normalized spacial score (nSPS) is 18.0. The fourth-order valence-electron chi connectivity index (χ4n) is 5.20. The summed E-state index contributed by atoms with van der Waals surface area (Å²) in [5.74, 6) is -1.33. The third kappa shape index (κ3) is 8.20. The molecule has 1 saturated carbocycles. The lowest BCUT2D eigenvalue weighted by molar-refractivity contribution is -0.328. The molecule has 2 aromatic heterocycles. The molecule has 44 heavy (non-hydrogen) atoms. The molecule has 0 spiro atoms. The zero-order valence-corrected chi connectivity index (χ0v) is 29.9. The Morgan fingerprint density at radius 3 is 2.16 bits per heavy atom. The minimum absolute atomic E-state index is 0.0910. The zero-order chi connectivity index (χ0) is 32.1. The van der Waals surface area contributed by atoms with E-state index >= 15 is 0 Å². The molecule has 1 aliphatic carbocycles. The summed E-state index contributed by atoms with van der Waals surface area (Å²) in [5.41, 5.74) is -0.0122. The van der Waals surface area contributed by atoms with Gasteiger partial charge >= 0.3 is 0 Å². The molecule has 2 heterocycles. The minimum atomic E-state index is -1.87. The summed E-state index contributed by atoms with van der Waals surface area (Å²) in [5, 5.41) is 19.9. The van der Waals surface area contributed by atoms with Gasteiger partial charge in [-0.05, 0) is 91.5 Å². The van der Waals surface area contributed by atoms with Gasteiger partial charge < -0.3 is 29.3 Å². The Labute approximate surface area is 275 Å². The number of rotatable bonds is 13. The highest BCUT2D eigenvalue weighted by atomic mass is 35.5. The average molecular weight is 676 g/mol. The van der Waals surface area contributed by atoms with Crippen LogP contribution in [0.25, 0.3) is 0 Å². The molecule has 240 valence electrons. The second kappa shape index (κ2) is 14.6. The molecule has 0 saturated heterocycles. The number of aliphatic carboxylic acids is 1. The zero-order valence-electron chi connectivity index (χ0n) is 26.5. The van der Waals surface area contributed by atoms with E-state index in [1.807, 2.05) is 48.1 Å². The molecule has 0 radical (unpaired) electrons. The quantitative estimate of drug-likeness (QED) is 0.192. The van der Waals surface area contributed by atoms with Crippen LogP contribution in [-0.2, 0) is 31.0 Å². The van der Waals surface area contributed by atoms with Crippen molar-refractivity contribution >= 4 is 60.2 Å². The number of benzene rings is 1. The van der Waals surface area contributed by atoms with E-state index < -0.39 is 19.9 Å². The molecule has 7 nitrogen and oxygen atoms in total. The first kappa shape index (κ1) is 34.8. The maximum Gasteiger partial charge on any atom is 0.225 e. The third-order valence-electron chi connectivity index (χ3n) is 9.04. The summed E-state index contributed by atoms with van der Waals surface area (Å²) in [6.45, 7) is 12.2. The number of halogens is 1. The molecule has 11 heteroatoms. The maximum atomic E-state index is 12.8. The lowest BCUT2D eigenvalue weighted by Gasteiger charge is -2.40. The van der Waals surface area contributed by atoms with Gasteiger partial charge in [-0.2, -0.15) is 0 Å². The number of carbonyl (C=O) groups is 2. The fraction of sp³-hybridized carbons (Fsp3) is 0.515. The number of ether oxygens (including phenoxy) is 1. The molecule has 4 rings (SSSR count). The van der Waals surface area contributed by atoms with E-state index in [1.54, 1.807) is 12.1 Å². The van der Waals surface area contributed by atoms with Crippen LogP contribution < -0.4 is 10.4 Å². The Morgan fingerprint density at radius 1 is 1.05 bits per heavy atom. The van der Waals surface area contributed by atoms with Gasteiger partial charge in [-0.25, -0.2) is 0 Å². The van der Waals surface area contributed by atoms with Crippen LogP contribution in [-0.4, -0.2) is 50.8 Å². The van der Waals surface area contributed by atoms with Gasteiger partial charge in [0, 0.05) is 28.8 Å². The first-order chi connectivity index (χ1) is 20.7. The largest absolute Gasteiger partial charge is 0.546 e. The second-order valence-corrected chi connectivity index (χ2v) is 20.2. The molecule has 3 aromatic rings. The molecule has 1 aromatic carbocycles. The molecular formula is C33H44ClN2O5S2Si-. The van der Waals surface area contributed by atoms with Gasteiger partial charge in [-0.15, -0.1) is 22.7 Å². The molecule has 1 aliphatic rings. The predicted octanol–water partition coefficient (Wildman–Crippen LogP) is 7.27. The highest BCUT2D eigenvalue weighted by Gasteiger charge is 2.42. The monoisotopic (exact) mass is 675 g/mol. The molecule has 1 N–H and O–H groups in total. The number of nitrogens with one attached hydrogen (secondary N) is 1. The van der Waals surface area contributed by atoms with Gasteiger partial charge in [-0.3, -0.25) is 4.79 Å². The number of anilines is 1. The molecule has 1 amide bonds. The van der Waals surface area contributed by atoms with Gasteiger partial charge in [0.2, 0.25) is 5.91 Å². The predicted molar refractivity (Wildman–Crippen MR) is 181 cm³/mol. The number of amides is 1. The van der Waals surface area contributed by atoms with Crippen LogP contribution in [0.2, 0.25) is 23.2 Å². The van der Waals surface area contributed by atoms with Crippen molar-refractivity contribution in [2.75, 3.05) is 18.9 Å². The van der Waals surface area contributed by atoms with Crippen molar-refractivity contribution < 1.29 is 23.9 Å². The number of thiophene rings is 2. The summed E-state index contributed by atoms with van der Waals surface area (Å²) < 4.78 is 12.8. The Hall–Kier alpha value is -2.05. The van der Waals surface area contributed by atoms with Crippen LogP contribution in [0, 0.1) is 0 Å². The third-order valence-corrected chi connectivity index (χ3v) is 15.8. The maximum absolute atomic E-state index is 12.8. The topological polar surface area (TPSA) is 90.9 Å². The summed E-state index contributed by atoms with van der Waals surface area (Å²) in [4.78, 5) is 28.9. The summed E-state index contributed by atoms with van der Waals surface area (Å²) in [6.07, 6.45) is 3.30. The highest BCUT2D eigenvalue weighted by Crippen LogP contribution is 2.42. The number of carbonyl (C=O) groups excluding carboxylic acids is 2. The lowest BCUT2D eigenvalue weighted by Crippen LogP contribution is -2.50. The van der Waals surface area contributed by atoms with E-state index in [1.165, 1.54) is 22.7 Å². The van der Waals surface area contributed by atoms with E-state index in [2.05, 4.69) is 44.1 Å². The van der Waals surface area contributed by atoms with Crippen molar-refractivity contribution in [2.45, 2.75) is 95.4 Å². The van der Waals surface area contributed by atoms with E-state index in [4.69, 9.17) is 20.8 Å². The number of nitrogens with zero attached hydrogens (tertiary/aromatic N) is 1. The SMILES string of the molecule is CN(CCC(=O)Nc1ccc(CO[Si](C)(C)C(C)(C)C)cc1Cl)C1CCC(OC(C(=O)[O-])(c2cccs2)c2cccs2)CC1. The van der Waals surface area contributed by atoms with Crippen LogP contribution in [0.5, 0.6) is 0 Å². The minimum Gasteiger partial charge on any atom is -0.546 e. The van der Waals surface area contributed by atoms with E-state index in [0.717, 1.165) is 31.2 Å². The molecular weight excluding hydrogens is 632 g/mol. The smallest absolute Gasteiger partial charge is 0.225 e. The standard InChI is InChI=1S/C33H45ClN2O5S2Si/c1-32(2,3)44(5,6)40-22-23-11-16-27(26(34)21-23)35-30(37)17-18-36(4)24-12-14-25(15-13-24)41-33(31(38)39,28-9-7-19-42-28)29-10-8-20-43-29/h7-11,16,19-21,24-25H,12-15,17-18,22H2,1-6H3,(H,35,37)(H,38,39)/p-1. The van der Waals surface area contributed by atoms with Crippen molar-refractivity contribution in [2.24, 2.45) is 0 Å². The molecule has 1 fully saturated rings. The number of carboxylic acids is 1. The number of hydrogen-bond acceptors (Lipinski definition) is 8. The van der Waals surface area contributed by atoms with Crippen molar-refractivity contribution in [3.63, 3.8) is 0 Å². The molecule has 0 unspecified atom stereocenters. The Bertz CT molecular complexity index is 1350. The van der Waals surface area contributed by atoms with Crippen molar-refractivity contribution in [1.82, 2.24) is 4.90 Å². The van der Waals surface area contributed by atoms with Gasteiger partial charge in [0.25, 0.3) is 0 Å². The number of carboxylic acid groups (broad SMARTS) is 1. The van der Waals surface area contributed by atoms with Crippen LogP contribution in [0.1, 0.15) is 68.2 Å². The first-order valence-electron chi connectivity index (χ1n) is 15.1. The first-order valence-corrected chi connectivity index (χ1v) is 20.2. The van der Waals surface area contributed by atoms with Crippen molar-refractivity contribution in [1.29, 1.82) is 0 Å². The Morgan fingerprint density at radius 2 is 1.66 bits per heavy atom. The van der Waals surface area contributed by atoms with E-state index in [9.17, 15) is 14.7 Å². The van der Waals surface area contributed by atoms with Gasteiger partial charge in [0.1, 0.15) is 0 Å². The summed E-state index contributed by atoms with van der Waals surface area (Å²) in [6, 6.07) is 13.2. The van der Waals surface area contributed by atoms with Crippen LogP contribution in [0.3, 0.4) is 0 Å². The van der Waals surface area contributed by atoms with Crippen LogP contribution in [0.15, 0.2) is 53.2 Å². The van der Waals surface area contributed by atoms with Crippen LogP contribution in [0.4, 0.5) is 5.69 Å². The molecule has 0 aliphatic heterocycles. The Kier molecular flexibility index (Phi) is 11.5. The van der Waals surface area contributed by atoms with Crippen LogP contribution >= 0.6 is 34.3 Å². The Balaban J connectivity index is 1.26. The van der Waals surface area contributed by atoms with Gasteiger partial charge in [-0.1, -0.05) is 50.6 Å². The van der Waals surface area contributed by atoms with Crippen molar-refractivity contribution in [3.8, 4) is 0 Å². The average Bonchev–Trinajstić information content (AvgIpc) is 3.70. The van der Waals surface area contributed by atoms with Gasteiger partial charge in [0.15, 0.2) is 13.9 Å². The number of hydrogen-bond donors (Lipinski definition) is 1. The molecule has 0 bridgehead atoms. The second-order valence-electron chi connectivity index (χ2n) is 13.1. The molecule has 0 atom stereocenters. The fourth-order valence-corrected chi connectivity index (χ4v) is 8.21. The lowest BCUT2D eigenvalue weighted by atomic mass is 9.90. The summed E-state index contributed by atoms with van der Waals surface area (Å²) in [7, 11) is 0.161. The van der Waals surface area contributed by atoms with Crippen molar-refractivity contribution in [3.05, 3.63) is 73.6 Å². The highest BCUT2D eigenvalue weighted by molar-refractivity contribution is 7.12.